The zero-order chi connectivity index (χ0) is 21.8. The van der Waals surface area contributed by atoms with Crippen LogP contribution in [0.15, 0.2) is 83.5 Å². The second-order valence-corrected chi connectivity index (χ2v) is 7.59. The molecule has 1 aromatic heterocycles. The monoisotopic (exact) mass is 411 g/mol. The van der Waals surface area contributed by atoms with Crippen LogP contribution in [0.4, 0.5) is 0 Å². The number of hydrogen-bond donors (Lipinski definition) is 1. The van der Waals surface area contributed by atoms with E-state index in [1.54, 1.807) is 19.4 Å². The summed E-state index contributed by atoms with van der Waals surface area (Å²) in [6, 6.07) is 22.1. The molecule has 156 valence electrons. The highest BCUT2D eigenvalue weighted by atomic mass is 16.5. The first-order valence-corrected chi connectivity index (χ1v) is 10.2. The number of fused-ring (bicyclic) bond motifs is 1. The molecule has 3 aromatic carbocycles. The smallest absolute Gasteiger partial charge is 0.244 e. The molecule has 1 N–H and O–H groups in total. The number of carbonyl (C=O) groups is 1. The molecule has 0 saturated carbocycles. The first kappa shape index (κ1) is 20.5. The number of benzene rings is 3. The number of carbonyl (C=O) groups excluding carboxylic acids is 1. The van der Waals surface area contributed by atoms with Crippen molar-refractivity contribution in [1.82, 2.24) is 5.32 Å². The van der Waals surface area contributed by atoms with Gasteiger partial charge in [-0.3, -0.25) is 4.79 Å². The first-order valence-electron chi connectivity index (χ1n) is 10.2. The largest absolute Gasteiger partial charge is 0.496 e. The number of rotatable bonds is 6. The summed E-state index contributed by atoms with van der Waals surface area (Å²) in [6.07, 6.45) is 3.37. The average Bonchev–Trinajstić information content (AvgIpc) is 3.21. The van der Waals surface area contributed by atoms with Crippen molar-refractivity contribution >= 4 is 22.4 Å². The van der Waals surface area contributed by atoms with Crippen molar-refractivity contribution in [2.24, 2.45) is 0 Å². The predicted molar refractivity (Wildman–Crippen MR) is 125 cm³/mol. The Hall–Kier alpha value is -3.79. The van der Waals surface area contributed by atoms with Crippen molar-refractivity contribution in [2.75, 3.05) is 7.11 Å². The Bertz CT molecular complexity index is 1230. The molecule has 0 radical (unpaired) electrons. The fourth-order valence-corrected chi connectivity index (χ4v) is 3.59. The molecule has 0 atom stereocenters. The third kappa shape index (κ3) is 4.53. The number of amides is 1. The van der Waals surface area contributed by atoms with Crippen LogP contribution in [0.2, 0.25) is 0 Å². The van der Waals surface area contributed by atoms with Gasteiger partial charge in [0, 0.05) is 35.2 Å². The Morgan fingerprint density at radius 1 is 1.06 bits per heavy atom. The Balaban J connectivity index is 1.62. The summed E-state index contributed by atoms with van der Waals surface area (Å²) >= 11 is 0. The topological polar surface area (TPSA) is 51.5 Å². The maximum atomic E-state index is 12.5. The minimum absolute atomic E-state index is 0.143. The minimum atomic E-state index is -0.143. The number of allylic oxidation sites excluding steroid dienone is 1. The van der Waals surface area contributed by atoms with Crippen LogP contribution >= 0.6 is 0 Å². The van der Waals surface area contributed by atoms with Gasteiger partial charge in [-0.05, 0) is 36.6 Å². The molecule has 0 bridgehead atoms. The SMILES string of the molecule is COc1cc2occ(-c3ccccc3)c2cc1/C(C)=C/C(=O)NCc1ccc(C)cc1. The lowest BCUT2D eigenvalue weighted by molar-refractivity contribution is -0.116. The maximum Gasteiger partial charge on any atom is 0.244 e. The quantitative estimate of drug-likeness (QED) is 0.388. The van der Waals surface area contributed by atoms with Crippen LogP contribution in [-0.2, 0) is 11.3 Å². The molecule has 0 saturated heterocycles. The number of methoxy groups -OCH3 is 1. The average molecular weight is 412 g/mol. The van der Waals surface area contributed by atoms with E-state index in [1.807, 2.05) is 68.4 Å². The second-order valence-electron chi connectivity index (χ2n) is 7.59. The molecule has 4 rings (SSSR count). The van der Waals surface area contributed by atoms with Gasteiger partial charge in [-0.2, -0.15) is 0 Å². The number of aryl methyl sites for hydroxylation is 1. The number of furan rings is 1. The zero-order valence-electron chi connectivity index (χ0n) is 17.9. The summed E-state index contributed by atoms with van der Waals surface area (Å²) in [7, 11) is 1.62. The lowest BCUT2D eigenvalue weighted by Gasteiger charge is -2.10. The Kier molecular flexibility index (Phi) is 5.89. The van der Waals surface area contributed by atoms with E-state index >= 15 is 0 Å². The van der Waals surface area contributed by atoms with Gasteiger partial charge in [0.15, 0.2) is 0 Å². The van der Waals surface area contributed by atoms with E-state index in [-0.39, 0.29) is 5.91 Å². The van der Waals surface area contributed by atoms with Gasteiger partial charge >= 0.3 is 0 Å². The molecule has 4 heteroatoms. The Morgan fingerprint density at radius 3 is 2.52 bits per heavy atom. The molecule has 1 amide bonds. The molecular weight excluding hydrogens is 386 g/mol. The molecule has 4 nitrogen and oxygen atoms in total. The summed E-state index contributed by atoms with van der Waals surface area (Å²) in [4.78, 5) is 12.5. The van der Waals surface area contributed by atoms with Crippen molar-refractivity contribution in [1.29, 1.82) is 0 Å². The molecular formula is C27H25NO3. The molecule has 4 aromatic rings. The summed E-state index contributed by atoms with van der Waals surface area (Å²) in [5.74, 6) is 0.525. The van der Waals surface area contributed by atoms with Gasteiger partial charge < -0.3 is 14.5 Å². The predicted octanol–water partition coefficient (Wildman–Crippen LogP) is 6.14. The minimum Gasteiger partial charge on any atom is -0.496 e. The number of nitrogens with one attached hydrogen (secondary N) is 1. The second kappa shape index (κ2) is 8.92. The van der Waals surface area contributed by atoms with Crippen LogP contribution in [-0.4, -0.2) is 13.0 Å². The molecule has 0 fully saturated rings. The molecule has 0 spiro atoms. The van der Waals surface area contributed by atoms with Gasteiger partial charge in [-0.1, -0.05) is 60.2 Å². The van der Waals surface area contributed by atoms with E-state index in [9.17, 15) is 4.79 Å². The normalized spacial score (nSPS) is 11.5. The van der Waals surface area contributed by atoms with Gasteiger partial charge in [0.25, 0.3) is 0 Å². The summed E-state index contributed by atoms with van der Waals surface area (Å²) in [5.41, 5.74) is 6.78. The van der Waals surface area contributed by atoms with Crippen LogP contribution < -0.4 is 10.1 Å². The molecule has 1 heterocycles. The van der Waals surface area contributed by atoms with E-state index < -0.39 is 0 Å². The van der Waals surface area contributed by atoms with Gasteiger partial charge in [-0.25, -0.2) is 0 Å². The molecule has 0 aliphatic carbocycles. The fourth-order valence-electron chi connectivity index (χ4n) is 3.59. The van der Waals surface area contributed by atoms with Crippen LogP contribution in [0.25, 0.3) is 27.7 Å². The highest BCUT2D eigenvalue weighted by molar-refractivity contribution is 6.00. The number of hydrogen-bond acceptors (Lipinski definition) is 3. The van der Waals surface area contributed by atoms with Crippen molar-refractivity contribution in [2.45, 2.75) is 20.4 Å². The lowest BCUT2D eigenvalue weighted by atomic mass is 9.99. The van der Waals surface area contributed by atoms with E-state index in [0.29, 0.717) is 12.3 Å². The van der Waals surface area contributed by atoms with Gasteiger partial charge in [-0.15, -0.1) is 0 Å². The van der Waals surface area contributed by atoms with Crippen molar-refractivity contribution in [3.63, 3.8) is 0 Å². The van der Waals surface area contributed by atoms with Gasteiger partial charge in [0.05, 0.1) is 13.4 Å². The highest BCUT2D eigenvalue weighted by Gasteiger charge is 2.14. The van der Waals surface area contributed by atoms with Crippen LogP contribution in [0.1, 0.15) is 23.6 Å². The summed E-state index contributed by atoms with van der Waals surface area (Å²) in [6.45, 7) is 4.44. The van der Waals surface area contributed by atoms with E-state index in [2.05, 4.69) is 17.4 Å². The molecule has 0 aliphatic heterocycles. The molecule has 0 aliphatic rings. The van der Waals surface area contributed by atoms with Crippen molar-refractivity contribution < 1.29 is 13.9 Å². The van der Waals surface area contributed by atoms with E-state index in [0.717, 1.165) is 38.8 Å². The first-order chi connectivity index (χ1) is 15.0. The van der Waals surface area contributed by atoms with Crippen LogP contribution in [0.3, 0.4) is 0 Å². The highest BCUT2D eigenvalue weighted by Crippen LogP contribution is 2.37. The van der Waals surface area contributed by atoms with Gasteiger partial charge in [0.1, 0.15) is 11.3 Å². The Morgan fingerprint density at radius 2 is 1.81 bits per heavy atom. The maximum absolute atomic E-state index is 12.5. The van der Waals surface area contributed by atoms with Crippen molar-refractivity contribution in [3.05, 3.63) is 95.8 Å². The molecule has 31 heavy (non-hydrogen) atoms. The lowest BCUT2D eigenvalue weighted by Crippen LogP contribution is -2.20. The number of ether oxygens (including phenoxy) is 1. The summed E-state index contributed by atoms with van der Waals surface area (Å²) in [5, 5.41) is 3.93. The standard InChI is InChI=1S/C27H25NO3/c1-18-9-11-20(12-10-18)16-28-27(29)13-19(2)22-14-23-24(21-7-5-4-6-8-21)17-31-26(23)15-25(22)30-3/h4-15,17H,16H2,1-3H3,(H,28,29)/b19-13+. The van der Waals surface area contributed by atoms with Crippen LogP contribution in [0, 0.1) is 6.92 Å². The molecule has 0 unspecified atom stereocenters. The van der Waals surface area contributed by atoms with Gasteiger partial charge in [0.2, 0.25) is 5.91 Å². The third-order valence-corrected chi connectivity index (χ3v) is 5.34. The zero-order valence-corrected chi connectivity index (χ0v) is 17.9. The summed E-state index contributed by atoms with van der Waals surface area (Å²) < 4.78 is 11.4. The van der Waals surface area contributed by atoms with E-state index in [1.165, 1.54) is 5.56 Å². The van der Waals surface area contributed by atoms with Crippen molar-refractivity contribution in [3.8, 4) is 16.9 Å². The third-order valence-electron chi connectivity index (χ3n) is 5.34. The van der Waals surface area contributed by atoms with Crippen LogP contribution in [0.5, 0.6) is 5.75 Å². The fraction of sp³-hybridized carbons (Fsp3) is 0.148. The Labute approximate surface area is 182 Å². The van der Waals surface area contributed by atoms with E-state index in [4.69, 9.17) is 9.15 Å².